The van der Waals surface area contributed by atoms with E-state index in [-0.39, 0.29) is 12.8 Å². The van der Waals surface area contributed by atoms with Gasteiger partial charge in [-0.1, -0.05) is 85.0 Å². The quantitative estimate of drug-likeness (QED) is 0.374. The van der Waals surface area contributed by atoms with Crippen molar-refractivity contribution in [1.82, 2.24) is 6.15 Å². The zero-order valence-electron chi connectivity index (χ0n) is 14.3. The van der Waals surface area contributed by atoms with Crippen molar-refractivity contribution < 1.29 is 17.2 Å². The van der Waals surface area contributed by atoms with E-state index < -0.39 is 10.4 Å². The lowest BCUT2D eigenvalue weighted by molar-refractivity contribution is 0.261. The maximum Gasteiger partial charge on any atom is 0.397 e. The van der Waals surface area contributed by atoms with Gasteiger partial charge in [-0.2, -0.15) is 8.42 Å². The lowest BCUT2D eigenvalue weighted by Gasteiger charge is -2.00. The van der Waals surface area contributed by atoms with Crippen LogP contribution in [0.2, 0.25) is 0 Å². The number of hydrogen-bond donors (Lipinski definition) is 2. The van der Waals surface area contributed by atoms with Crippen molar-refractivity contribution in [3.8, 4) is 0 Å². The minimum atomic E-state index is -4.23. The maximum absolute atomic E-state index is 10.1. The second kappa shape index (κ2) is 19.8. The van der Waals surface area contributed by atoms with E-state index in [2.05, 4.69) is 25.0 Å². The zero-order valence-corrected chi connectivity index (χ0v) is 15.1. The van der Waals surface area contributed by atoms with E-state index in [1.165, 1.54) is 51.4 Å². The molecule has 0 saturated carbocycles. The standard InChI is InChI=1S/C9H20O4S.C6H14.H3N/c1-2-3-4-5-6-7-8-9-13-14(10,11)12;1-3-5-6-4-2;/h2-9H2,1H3,(H,10,11,12);3-6H2,1-2H3;1H3. The van der Waals surface area contributed by atoms with Gasteiger partial charge in [-0.25, -0.2) is 4.18 Å². The Labute approximate surface area is 132 Å². The number of hydrogen-bond acceptors (Lipinski definition) is 4. The average molecular weight is 328 g/mol. The first-order valence-electron chi connectivity index (χ1n) is 8.09. The highest BCUT2D eigenvalue weighted by atomic mass is 32.3. The SMILES string of the molecule is CCCCCC.CCCCCCCCCOS(=O)(=O)O.N. The van der Waals surface area contributed by atoms with E-state index in [0.29, 0.717) is 6.42 Å². The first-order valence-corrected chi connectivity index (χ1v) is 9.46. The summed E-state index contributed by atoms with van der Waals surface area (Å²) in [6, 6.07) is 0. The summed E-state index contributed by atoms with van der Waals surface area (Å²) in [6.07, 6.45) is 13.2. The van der Waals surface area contributed by atoms with Crippen LogP contribution in [0, 0.1) is 0 Å². The van der Waals surface area contributed by atoms with E-state index in [0.717, 1.165) is 12.8 Å². The summed E-state index contributed by atoms with van der Waals surface area (Å²) >= 11 is 0. The minimum absolute atomic E-state index is 0. The van der Waals surface area contributed by atoms with Gasteiger partial charge in [0.25, 0.3) is 0 Å². The van der Waals surface area contributed by atoms with Gasteiger partial charge in [0.2, 0.25) is 0 Å². The highest BCUT2D eigenvalue weighted by molar-refractivity contribution is 7.80. The van der Waals surface area contributed by atoms with Gasteiger partial charge in [0.15, 0.2) is 0 Å². The van der Waals surface area contributed by atoms with E-state index in [1.807, 2.05) is 0 Å². The molecule has 0 aromatic rings. The first kappa shape index (κ1) is 25.8. The molecule has 0 atom stereocenters. The van der Waals surface area contributed by atoms with Crippen LogP contribution in [0.15, 0.2) is 0 Å². The normalized spacial score (nSPS) is 10.5. The molecule has 0 unspecified atom stereocenters. The molecule has 0 aliphatic carbocycles. The molecule has 4 N–H and O–H groups in total. The monoisotopic (exact) mass is 327 g/mol. The van der Waals surface area contributed by atoms with Crippen LogP contribution in [0.5, 0.6) is 0 Å². The molecule has 0 aromatic carbocycles. The van der Waals surface area contributed by atoms with Crippen molar-refractivity contribution in [2.24, 2.45) is 0 Å². The maximum atomic E-state index is 10.1. The fraction of sp³-hybridized carbons (Fsp3) is 1.00. The fourth-order valence-corrected chi connectivity index (χ4v) is 2.05. The molecule has 0 saturated heterocycles. The Morgan fingerprint density at radius 1 is 0.714 bits per heavy atom. The van der Waals surface area contributed by atoms with E-state index in [1.54, 1.807) is 0 Å². The smallest absolute Gasteiger partial charge is 0.344 e. The molecular formula is C15H37NO4S. The molecular weight excluding hydrogens is 290 g/mol. The van der Waals surface area contributed by atoms with Gasteiger partial charge in [0.1, 0.15) is 0 Å². The molecule has 0 heterocycles. The molecule has 0 spiro atoms. The Morgan fingerprint density at radius 3 is 1.43 bits per heavy atom. The van der Waals surface area contributed by atoms with Gasteiger partial charge in [0.05, 0.1) is 6.61 Å². The Hall–Kier alpha value is -0.170. The summed E-state index contributed by atoms with van der Waals surface area (Å²) in [5.41, 5.74) is 0. The van der Waals surface area contributed by atoms with Crippen LogP contribution in [0.1, 0.15) is 91.4 Å². The summed E-state index contributed by atoms with van der Waals surface area (Å²) in [4.78, 5) is 0. The molecule has 0 radical (unpaired) electrons. The highest BCUT2D eigenvalue weighted by Gasteiger charge is 2.02. The Bertz CT molecular complexity index is 265. The minimum Gasteiger partial charge on any atom is -0.344 e. The molecule has 21 heavy (non-hydrogen) atoms. The summed E-state index contributed by atoms with van der Waals surface area (Å²) in [5.74, 6) is 0. The topological polar surface area (TPSA) is 98.6 Å². The fourth-order valence-electron chi connectivity index (χ4n) is 1.72. The molecule has 0 rings (SSSR count). The van der Waals surface area contributed by atoms with Gasteiger partial charge in [0, 0.05) is 0 Å². The van der Waals surface area contributed by atoms with Gasteiger partial charge < -0.3 is 6.15 Å². The Balaban J connectivity index is -0.000000394. The van der Waals surface area contributed by atoms with Crippen LogP contribution in [0.4, 0.5) is 0 Å². The molecule has 0 aliphatic rings. The van der Waals surface area contributed by atoms with Crippen molar-refractivity contribution in [2.45, 2.75) is 91.4 Å². The van der Waals surface area contributed by atoms with Crippen LogP contribution >= 0.6 is 0 Å². The lowest BCUT2D eigenvalue weighted by atomic mass is 10.1. The molecule has 0 fully saturated rings. The average Bonchev–Trinajstić information content (AvgIpc) is 2.39. The number of rotatable bonds is 12. The molecule has 0 bridgehead atoms. The predicted molar refractivity (Wildman–Crippen MR) is 90.3 cm³/mol. The van der Waals surface area contributed by atoms with Crippen molar-refractivity contribution in [3.63, 3.8) is 0 Å². The van der Waals surface area contributed by atoms with E-state index in [4.69, 9.17) is 4.55 Å². The third kappa shape index (κ3) is 33.0. The molecule has 0 aromatic heterocycles. The molecule has 132 valence electrons. The van der Waals surface area contributed by atoms with Crippen LogP contribution < -0.4 is 6.15 Å². The largest absolute Gasteiger partial charge is 0.397 e. The summed E-state index contributed by atoms with van der Waals surface area (Å²) in [7, 11) is -4.23. The third-order valence-corrected chi connectivity index (χ3v) is 3.40. The second-order valence-corrected chi connectivity index (χ2v) is 6.17. The van der Waals surface area contributed by atoms with Crippen LogP contribution in [0.3, 0.4) is 0 Å². The summed E-state index contributed by atoms with van der Waals surface area (Å²) in [5, 5.41) is 0. The summed E-state index contributed by atoms with van der Waals surface area (Å²) < 4.78 is 32.7. The zero-order chi connectivity index (χ0) is 15.7. The van der Waals surface area contributed by atoms with Gasteiger partial charge in [-0.3, -0.25) is 4.55 Å². The molecule has 6 heteroatoms. The van der Waals surface area contributed by atoms with Crippen molar-refractivity contribution in [3.05, 3.63) is 0 Å². The van der Waals surface area contributed by atoms with Gasteiger partial charge in [-0.05, 0) is 6.42 Å². The lowest BCUT2D eigenvalue weighted by Crippen LogP contribution is -2.04. The predicted octanol–water partition coefficient (Wildman–Crippen LogP) is 5.31. The molecule has 0 amide bonds. The van der Waals surface area contributed by atoms with E-state index >= 15 is 0 Å². The number of unbranched alkanes of at least 4 members (excludes halogenated alkanes) is 9. The van der Waals surface area contributed by atoms with Crippen molar-refractivity contribution in [1.29, 1.82) is 0 Å². The second-order valence-electron chi connectivity index (χ2n) is 5.08. The van der Waals surface area contributed by atoms with Gasteiger partial charge >= 0.3 is 10.4 Å². The third-order valence-electron chi connectivity index (χ3n) is 2.94. The van der Waals surface area contributed by atoms with Gasteiger partial charge in [-0.15, -0.1) is 0 Å². The molecule has 0 aliphatic heterocycles. The first-order chi connectivity index (χ1) is 9.47. The summed E-state index contributed by atoms with van der Waals surface area (Å²) in [6.45, 7) is 6.72. The van der Waals surface area contributed by atoms with Crippen LogP contribution in [-0.2, 0) is 14.6 Å². The highest BCUT2D eigenvalue weighted by Crippen LogP contribution is 2.07. The Kier molecular flexibility index (Phi) is 24.3. The van der Waals surface area contributed by atoms with Crippen molar-refractivity contribution >= 4 is 10.4 Å². The van der Waals surface area contributed by atoms with Crippen LogP contribution in [0.25, 0.3) is 0 Å². The molecule has 5 nitrogen and oxygen atoms in total. The van der Waals surface area contributed by atoms with E-state index in [9.17, 15) is 8.42 Å². The van der Waals surface area contributed by atoms with Crippen LogP contribution in [-0.4, -0.2) is 19.6 Å². The Morgan fingerprint density at radius 2 is 1.05 bits per heavy atom. The van der Waals surface area contributed by atoms with Crippen molar-refractivity contribution in [2.75, 3.05) is 6.61 Å².